The number of amides is 1. The Bertz CT molecular complexity index is 296. The molecular formula is C9H14N4O. The summed E-state index contributed by atoms with van der Waals surface area (Å²) in [5.74, 6) is -0.0213. The molecular weight excluding hydrogens is 180 g/mol. The molecule has 0 saturated carbocycles. The molecule has 0 spiro atoms. The molecule has 0 aliphatic heterocycles. The maximum atomic E-state index is 11.4. The molecule has 1 heterocycles. The molecule has 0 atom stereocenters. The molecule has 14 heavy (non-hydrogen) atoms. The van der Waals surface area contributed by atoms with E-state index in [1.54, 1.807) is 12.4 Å². The molecule has 5 heteroatoms. The van der Waals surface area contributed by atoms with E-state index in [0.29, 0.717) is 6.54 Å². The number of likely N-dealkylation sites (N-methyl/N-ethyl adjacent to an activating group) is 1. The standard InChI is InChI=1S/C9H14N4O/c1-7-5-12-8(13-6-7)9(14)11-4-3-10-2/h5-6,10H,3-4H2,1-2H3,(H,11,14). The van der Waals surface area contributed by atoms with E-state index in [4.69, 9.17) is 0 Å². The van der Waals surface area contributed by atoms with Crippen molar-refractivity contribution >= 4 is 5.91 Å². The second-order valence-corrected chi connectivity index (χ2v) is 2.94. The second-order valence-electron chi connectivity index (χ2n) is 2.94. The lowest BCUT2D eigenvalue weighted by Gasteiger charge is -2.02. The molecule has 0 saturated heterocycles. The summed E-state index contributed by atoms with van der Waals surface area (Å²) in [7, 11) is 1.83. The largest absolute Gasteiger partial charge is 0.348 e. The molecule has 0 unspecified atom stereocenters. The van der Waals surface area contributed by atoms with Gasteiger partial charge in [-0.2, -0.15) is 0 Å². The average Bonchev–Trinajstić information content (AvgIpc) is 2.19. The minimum atomic E-state index is -0.236. The van der Waals surface area contributed by atoms with Crippen molar-refractivity contribution in [2.75, 3.05) is 20.1 Å². The molecule has 0 aromatic carbocycles. The molecule has 0 aliphatic carbocycles. The van der Waals surface area contributed by atoms with Gasteiger partial charge in [-0.1, -0.05) is 0 Å². The second kappa shape index (κ2) is 5.29. The van der Waals surface area contributed by atoms with Gasteiger partial charge >= 0.3 is 0 Å². The fourth-order valence-corrected chi connectivity index (χ4v) is 0.890. The maximum absolute atomic E-state index is 11.4. The maximum Gasteiger partial charge on any atom is 0.289 e. The Kier molecular flexibility index (Phi) is 4.00. The smallest absolute Gasteiger partial charge is 0.289 e. The number of carbonyl (C=O) groups excluding carboxylic acids is 1. The summed E-state index contributed by atoms with van der Waals surface area (Å²) in [6.45, 7) is 3.19. The highest BCUT2D eigenvalue weighted by Gasteiger charge is 2.06. The summed E-state index contributed by atoms with van der Waals surface area (Å²) in [6, 6.07) is 0. The summed E-state index contributed by atoms with van der Waals surface area (Å²) in [4.78, 5) is 19.2. The Morgan fingerprint density at radius 3 is 2.57 bits per heavy atom. The zero-order chi connectivity index (χ0) is 10.4. The van der Waals surface area contributed by atoms with Gasteiger partial charge in [-0.25, -0.2) is 9.97 Å². The molecule has 1 aromatic heterocycles. The fourth-order valence-electron chi connectivity index (χ4n) is 0.890. The van der Waals surface area contributed by atoms with Crippen LogP contribution in [0.25, 0.3) is 0 Å². The van der Waals surface area contributed by atoms with E-state index in [1.807, 2.05) is 14.0 Å². The fraction of sp³-hybridized carbons (Fsp3) is 0.444. The van der Waals surface area contributed by atoms with Crippen LogP contribution in [-0.2, 0) is 0 Å². The van der Waals surface area contributed by atoms with Crippen molar-refractivity contribution in [2.45, 2.75) is 6.92 Å². The van der Waals surface area contributed by atoms with Crippen LogP contribution in [0.1, 0.15) is 16.2 Å². The third-order valence-electron chi connectivity index (χ3n) is 1.64. The Morgan fingerprint density at radius 1 is 1.36 bits per heavy atom. The van der Waals surface area contributed by atoms with E-state index < -0.39 is 0 Å². The molecule has 0 fully saturated rings. The van der Waals surface area contributed by atoms with Crippen molar-refractivity contribution in [2.24, 2.45) is 0 Å². The molecule has 0 aliphatic rings. The zero-order valence-electron chi connectivity index (χ0n) is 8.37. The van der Waals surface area contributed by atoms with Crippen molar-refractivity contribution in [3.8, 4) is 0 Å². The molecule has 1 aromatic rings. The van der Waals surface area contributed by atoms with Crippen molar-refractivity contribution in [1.82, 2.24) is 20.6 Å². The first-order valence-electron chi connectivity index (χ1n) is 4.45. The number of hydrogen-bond acceptors (Lipinski definition) is 4. The Labute approximate surface area is 83.0 Å². The summed E-state index contributed by atoms with van der Waals surface area (Å²) >= 11 is 0. The first-order chi connectivity index (χ1) is 6.74. The van der Waals surface area contributed by atoms with Crippen LogP contribution in [0.4, 0.5) is 0 Å². The third-order valence-corrected chi connectivity index (χ3v) is 1.64. The van der Waals surface area contributed by atoms with Gasteiger partial charge in [-0.15, -0.1) is 0 Å². The van der Waals surface area contributed by atoms with E-state index in [0.717, 1.165) is 12.1 Å². The summed E-state index contributed by atoms with van der Waals surface area (Å²) < 4.78 is 0. The topological polar surface area (TPSA) is 66.9 Å². The number of nitrogens with zero attached hydrogens (tertiary/aromatic N) is 2. The summed E-state index contributed by atoms with van der Waals surface area (Å²) in [5.41, 5.74) is 0.941. The average molecular weight is 194 g/mol. The Hall–Kier alpha value is -1.49. The highest BCUT2D eigenvalue weighted by molar-refractivity contribution is 5.90. The van der Waals surface area contributed by atoms with Gasteiger partial charge in [0.15, 0.2) is 0 Å². The lowest BCUT2D eigenvalue weighted by Crippen LogP contribution is -2.31. The van der Waals surface area contributed by atoms with Gasteiger partial charge in [0.1, 0.15) is 0 Å². The minimum absolute atomic E-state index is 0.215. The molecule has 0 bridgehead atoms. The molecule has 1 amide bonds. The van der Waals surface area contributed by atoms with Gasteiger partial charge in [0, 0.05) is 25.5 Å². The van der Waals surface area contributed by atoms with Gasteiger partial charge in [-0.3, -0.25) is 4.79 Å². The van der Waals surface area contributed by atoms with Crippen LogP contribution >= 0.6 is 0 Å². The van der Waals surface area contributed by atoms with Crippen LogP contribution in [0.5, 0.6) is 0 Å². The number of aromatic nitrogens is 2. The Balaban J connectivity index is 2.48. The molecule has 5 nitrogen and oxygen atoms in total. The van der Waals surface area contributed by atoms with Crippen LogP contribution in [0.2, 0.25) is 0 Å². The molecule has 0 radical (unpaired) electrons. The van der Waals surface area contributed by atoms with Crippen molar-refractivity contribution < 1.29 is 4.79 Å². The van der Waals surface area contributed by atoms with Crippen molar-refractivity contribution in [1.29, 1.82) is 0 Å². The number of rotatable bonds is 4. The first kappa shape index (κ1) is 10.6. The highest BCUT2D eigenvalue weighted by Crippen LogP contribution is 1.92. The third kappa shape index (κ3) is 3.10. The van der Waals surface area contributed by atoms with Crippen LogP contribution in [0, 0.1) is 6.92 Å². The Morgan fingerprint density at radius 2 is 2.00 bits per heavy atom. The monoisotopic (exact) mass is 194 g/mol. The highest BCUT2D eigenvalue weighted by atomic mass is 16.2. The van der Waals surface area contributed by atoms with Crippen LogP contribution in [0.15, 0.2) is 12.4 Å². The van der Waals surface area contributed by atoms with Gasteiger partial charge in [-0.05, 0) is 19.5 Å². The SMILES string of the molecule is CNCCNC(=O)c1ncc(C)cn1. The molecule has 76 valence electrons. The summed E-state index contributed by atoms with van der Waals surface area (Å²) in [5, 5.41) is 5.62. The van der Waals surface area contributed by atoms with Crippen LogP contribution in [-0.4, -0.2) is 36.0 Å². The zero-order valence-corrected chi connectivity index (χ0v) is 8.37. The normalized spacial score (nSPS) is 9.86. The van der Waals surface area contributed by atoms with E-state index in [9.17, 15) is 4.79 Å². The number of carbonyl (C=O) groups is 1. The van der Waals surface area contributed by atoms with E-state index in [-0.39, 0.29) is 11.7 Å². The van der Waals surface area contributed by atoms with Gasteiger partial charge in [0.05, 0.1) is 0 Å². The lowest BCUT2D eigenvalue weighted by atomic mass is 10.4. The number of nitrogens with one attached hydrogen (secondary N) is 2. The van der Waals surface area contributed by atoms with Gasteiger partial charge in [0.25, 0.3) is 5.91 Å². The number of aryl methyl sites for hydroxylation is 1. The van der Waals surface area contributed by atoms with E-state index in [2.05, 4.69) is 20.6 Å². The quantitative estimate of drug-likeness (QED) is 0.648. The summed E-state index contributed by atoms with van der Waals surface area (Å²) in [6.07, 6.45) is 3.25. The van der Waals surface area contributed by atoms with Crippen LogP contribution in [0.3, 0.4) is 0 Å². The lowest BCUT2D eigenvalue weighted by molar-refractivity contribution is 0.0943. The minimum Gasteiger partial charge on any atom is -0.348 e. The molecule has 1 rings (SSSR count). The predicted molar refractivity (Wildman–Crippen MR) is 53.0 cm³/mol. The van der Waals surface area contributed by atoms with E-state index >= 15 is 0 Å². The van der Waals surface area contributed by atoms with Gasteiger partial charge < -0.3 is 10.6 Å². The number of hydrogen-bond donors (Lipinski definition) is 2. The van der Waals surface area contributed by atoms with Crippen molar-refractivity contribution in [3.05, 3.63) is 23.8 Å². The van der Waals surface area contributed by atoms with Gasteiger partial charge in [0.2, 0.25) is 5.82 Å². The first-order valence-corrected chi connectivity index (χ1v) is 4.45. The van der Waals surface area contributed by atoms with Crippen molar-refractivity contribution in [3.63, 3.8) is 0 Å². The molecule has 2 N–H and O–H groups in total. The van der Waals surface area contributed by atoms with E-state index in [1.165, 1.54) is 0 Å². The predicted octanol–water partition coefficient (Wildman–Crippen LogP) is -0.266. The van der Waals surface area contributed by atoms with Crippen LogP contribution < -0.4 is 10.6 Å².